The zero-order valence-corrected chi connectivity index (χ0v) is 11.9. The van der Waals surface area contributed by atoms with E-state index in [0.717, 1.165) is 34.7 Å². The molecule has 0 saturated heterocycles. The molecule has 3 rings (SSSR count). The number of hydrogen-bond acceptors (Lipinski definition) is 4. The van der Waals surface area contributed by atoms with E-state index in [4.69, 9.17) is 11.6 Å². The molecule has 5 heteroatoms. The first-order valence-electron chi connectivity index (χ1n) is 6.01. The minimum Gasteiger partial charge on any atom is -0.370 e. The van der Waals surface area contributed by atoms with Gasteiger partial charge in [0.05, 0.1) is 5.52 Å². The monoisotopic (exact) mass is 289 g/mol. The van der Waals surface area contributed by atoms with Gasteiger partial charge in [-0.3, -0.25) is 0 Å². The average Bonchev–Trinajstić information content (AvgIpc) is 2.92. The summed E-state index contributed by atoms with van der Waals surface area (Å²) in [5, 5.41) is 9.02. The second-order valence-electron chi connectivity index (χ2n) is 4.10. The van der Waals surface area contributed by atoms with Crippen molar-refractivity contribution < 1.29 is 0 Å². The molecule has 0 radical (unpaired) electrons. The Bertz CT molecular complexity index is 710. The van der Waals surface area contributed by atoms with E-state index >= 15 is 0 Å². The van der Waals surface area contributed by atoms with Crippen molar-refractivity contribution in [3.63, 3.8) is 0 Å². The van der Waals surface area contributed by atoms with Crippen LogP contribution in [-0.4, -0.2) is 16.5 Å². The lowest BCUT2D eigenvalue weighted by Crippen LogP contribution is -2.02. The molecule has 0 aliphatic carbocycles. The van der Waals surface area contributed by atoms with Gasteiger partial charge >= 0.3 is 0 Å². The van der Waals surface area contributed by atoms with Crippen molar-refractivity contribution in [1.82, 2.24) is 9.97 Å². The van der Waals surface area contributed by atoms with E-state index in [1.807, 2.05) is 41.9 Å². The molecule has 0 bridgehead atoms. The average molecular weight is 290 g/mol. The fraction of sp³-hybridized carbons (Fsp3) is 0.143. The number of rotatable bonds is 3. The summed E-state index contributed by atoms with van der Waals surface area (Å²) in [6.07, 6.45) is 0. The van der Waals surface area contributed by atoms with Gasteiger partial charge in [-0.1, -0.05) is 11.6 Å². The van der Waals surface area contributed by atoms with Gasteiger partial charge in [0.2, 0.25) is 0 Å². The Morgan fingerprint density at radius 1 is 1.26 bits per heavy atom. The van der Waals surface area contributed by atoms with Gasteiger partial charge in [0.25, 0.3) is 0 Å². The molecule has 0 aliphatic heterocycles. The Hall–Kier alpha value is -1.65. The van der Waals surface area contributed by atoms with Crippen LogP contribution < -0.4 is 5.32 Å². The van der Waals surface area contributed by atoms with Crippen LogP contribution in [-0.2, 0) is 0 Å². The first kappa shape index (κ1) is 12.4. The molecule has 2 heterocycles. The number of nitrogens with one attached hydrogen (secondary N) is 1. The molecule has 0 aliphatic rings. The maximum Gasteiger partial charge on any atom is 0.162 e. The van der Waals surface area contributed by atoms with E-state index in [9.17, 15) is 0 Å². The number of thiophene rings is 1. The highest BCUT2D eigenvalue weighted by Gasteiger charge is 2.09. The molecule has 0 fully saturated rings. The molecule has 0 saturated carbocycles. The Labute approximate surface area is 120 Å². The van der Waals surface area contributed by atoms with Crippen LogP contribution in [0.2, 0.25) is 5.02 Å². The van der Waals surface area contributed by atoms with Crippen molar-refractivity contribution in [3.8, 4) is 11.4 Å². The van der Waals surface area contributed by atoms with Crippen molar-refractivity contribution >= 4 is 39.7 Å². The topological polar surface area (TPSA) is 37.8 Å². The van der Waals surface area contributed by atoms with Crippen LogP contribution in [0.5, 0.6) is 0 Å². The third-order valence-electron chi connectivity index (χ3n) is 2.78. The third-order valence-corrected chi connectivity index (χ3v) is 3.70. The molecule has 19 heavy (non-hydrogen) atoms. The second kappa shape index (κ2) is 5.15. The Kier molecular flexibility index (Phi) is 3.36. The lowest BCUT2D eigenvalue weighted by Gasteiger charge is -2.09. The molecule has 0 unspecified atom stereocenters. The fourth-order valence-corrected chi connectivity index (χ4v) is 2.73. The standard InChI is InChI=1S/C14H12ClN3S/c1-2-16-14-11-4-3-10(15)7-12(11)17-13(18-14)9-5-6-19-8-9/h3-8H,2H2,1H3,(H,16,17,18). The highest BCUT2D eigenvalue weighted by atomic mass is 35.5. The number of halogens is 1. The van der Waals surface area contributed by atoms with E-state index < -0.39 is 0 Å². The summed E-state index contributed by atoms with van der Waals surface area (Å²) in [5.41, 5.74) is 1.89. The minimum atomic E-state index is 0.685. The summed E-state index contributed by atoms with van der Waals surface area (Å²) in [6, 6.07) is 7.70. The van der Waals surface area contributed by atoms with Gasteiger partial charge in [-0.2, -0.15) is 11.3 Å². The van der Waals surface area contributed by atoms with Gasteiger partial charge in [-0.15, -0.1) is 0 Å². The van der Waals surface area contributed by atoms with Crippen LogP contribution in [0.1, 0.15) is 6.92 Å². The predicted molar refractivity (Wildman–Crippen MR) is 82.0 cm³/mol. The number of hydrogen-bond donors (Lipinski definition) is 1. The van der Waals surface area contributed by atoms with Crippen molar-refractivity contribution in [2.24, 2.45) is 0 Å². The van der Waals surface area contributed by atoms with Crippen LogP contribution >= 0.6 is 22.9 Å². The number of benzene rings is 1. The maximum absolute atomic E-state index is 6.05. The van der Waals surface area contributed by atoms with Crippen molar-refractivity contribution in [2.75, 3.05) is 11.9 Å². The van der Waals surface area contributed by atoms with Gasteiger partial charge in [-0.25, -0.2) is 9.97 Å². The van der Waals surface area contributed by atoms with Gasteiger partial charge in [0.1, 0.15) is 5.82 Å². The number of anilines is 1. The van der Waals surface area contributed by atoms with E-state index in [-0.39, 0.29) is 0 Å². The summed E-state index contributed by atoms with van der Waals surface area (Å²) in [4.78, 5) is 9.20. The Morgan fingerprint density at radius 2 is 2.16 bits per heavy atom. The van der Waals surface area contributed by atoms with Crippen LogP contribution in [0.25, 0.3) is 22.3 Å². The summed E-state index contributed by atoms with van der Waals surface area (Å²) >= 11 is 7.68. The first-order valence-corrected chi connectivity index (χ1v) is 7.33. The highest BCUT2D eigenvalue weighted by molar-refractivity contribution is 7.08. The van der Waals surface area contributed by atoms with Crippen LogP contribution in [0, 0.1) is 0 Å². The molecule has 96 valence electrons. The Balaban J connectivity index is 2.25. The summed E-state index contributed by atoms with van der Waals surface area (Å²) in [7, 11) is 0. The van der Waals surface area contributed by atoms with E-state index in [0.29, 0.717) is 5.02 Å². The molecular formula is C14H12ClN3S. The Morgan fingerprint density at radius 3 is 2.89 bits per heavy atom. The molecule has 0 amide bonds. The maximum atomic E-state index is 6.05. The van der Waals surface area contributed by atoms with Crippen molar-refractivity contribution in [3.05, 3.63) is 40.0 Å². The lowest BCUT2D eigenvalue weighted by molar-refractivity contribution is 1.15. The predicted octanol–water partition coefficient (Wildman–Crippen LogP) is 4.44. The first-order chi connectivity index (χ1) is 9.28. The minimum absolute atomic E-state index is 0.685. The SMILES string of the molecule is CCNc1nc(-c2ccsc2)nc2cc(Cl)ccc12. The van der Waals surface area contributed by atoms with Crippen LogP contribution in [0.3, 0.4) is 0 Å². The van der Waals surface area contributed by atoms with Gasteiger partial charge in [0, 0.05) is 27.9 Å². The number of fused-ring (bicyclic) bond motifs is 1. The third kappa shape index (κ3) is 2.41. The van der Waals surface area contributed by atoms with Gasteiger partial charge in [-0.05, 0) is 36.6 Å². The van der Waals surface area contributed by atoms with E-state index in [2.05, 4.69) is 15.3 Å². The molecule has 0 spiro atoms. The number of nitrogens with zero attached hydrogens (tertiary/aromatic N) is 2. The van der Waals surface area contributed by atoms with Crippen LogP contribution in [0.4, 0.5) is 5.82 Å². The number of aromatic nitrogens is 2. The fourth-order valence-electron chi connectivity index (χ4n) is 1.93. The normalized spacial score (nSPS) is 10.8. The van der Waals surface area contributed by atoms with Crippen LogP contribution in [0.15, 0.2) is 35.0 Å². The summed E-state index contributed by atoms with van der Waals surface area (Å²) < 4.78 is 0. The molecule has 0 atom stereocenters. The summed E-state index contributed by atoms with van der Waals surface area (Å²) in [6.45, 7) is 2.87. The smallest absolute Gasteiger partial charge is 0.162 e. The molecule has 1 aromatic carbocycles. The zero-order valence-electron chi connectivity index (χ0n) is 10.4. The van der Waals surface area contributed by atoms with E-state index in [1.165, 1.54) is 0 Å². The van der Waals surface area contributed by atoms with Gasteiger partial charge in [0.15, 0.2) is 5.82 Å². The largest absolute Gasteiger partial charge is 0.370 e. The molecule has 2 aromatic heterocycles. The molecule has 3 nitrogen and oxygen atoms in total. The van der Waals surface area contributed by atoms with Gasteiger partial charge < -0.3 is 5.32 Å². The highest BCUT2D eigenvalue weighted by Crippen LogP contribution is 2.27. The lowest BCUT2D eigenvalue weighted by atomic mass is 10.2. The molecule has 1 N–H and O–H groups in total. The van der Waals surface area contributed by atoms with E-state index in [1.54, 1.807) is 11.3 Å². The summed E-state index contributed by atoms with van der Waals surface area (Å²) in [5.74, 6) is 1.58. The van der Waals surface area contributed by atoms with Crippen molar-refractivity contribution in [1.29, 1.82) is 0 Å². The molecular weight excluding hydrogens is 278 g/mol. The molecule has 3 aromatic rings. The quantitative estimate of drug-likeness (QED) is 0.774. The van der Waals surface area contributed by atoms with Crippen molar-refractivity contribution in [2.45, 2.75) is 6.92 Å². The second-order valence-corrected chi connectivity index (χ2v) is 5.32. The zero-order chi connectivity index (χ0) is 13.2.